The molecule has 112 valence electrons. The van der Waals surface area contributed by atoms with Crippen LogP contribution in [0.1, 0.15) is 26.3 Å². The third kappa shape index (κ3) is 5.93. The Morgan fingerprint density at radius 3 is 2.60 bits per heavy atom. The van der Waals surface area contributed by atoms with E-state index in [0.717, 1.165) is 30.2 Å². The molecule has 0 heterocycles. The predicted octanol–water partition coefficient (Wildman–Crippen LogP) is 1.71. The number of methoxy groups -OCH3 is 1. The topological polar surface area (TPSA) is 59.6 Å². The van der Waals surface area contributed by atoms with E-state index in [9.17, 15) is 4.79 Å². The number of hydrogen-bond acceptors (Lipinski definition) is 4. The van der Waals surface area contributed by atoms with Crippen molar-refractivity contribution in [3.63, 3.8) is 0 Å². The van der Waals surface area contributed by atoms with E-state index in [-0.39, 0.29) is 12.0 Å². The first kappa shape index (κ1) is 16.3. The summed E-state index contributed by atoms with van der Waals surface area (Å²) in [5, 5.41) is 6.00. The van der Waals surface area contributed by atoms with Gasteiger partial charge in [0.1, 0.15) is 0 Å². The van der Waals surface area contributed by atoms with E-state index in [1.54, 1.807) is 7.11 Å². The van der Waals surface area contributed by atoms with Crippen LogP contribution in [0.5, 0.6) is 11.5 Å². The fraction of sp³-hybridized carbons (Fsp3) is 0.533. The lowest BCUT2D eigenvalue weighted by Gasteiger charge is -2.14. The summed E-state index contributed by atoms with van der Waals surface area (Å²) in [4.78, 5) is 10.7. The molecule has 1 amide bonds. The lowest BCUT2D eigenvalue weighted by molar-refractivity contribution is -0.118. The molecule has 1 aromatic carbocycles. The van der Waals surface area contributed by atoms with Gasteiger partial charge in [-0.25, -0.2) is 0 Å². The summed E-state index contributed by atoms with van der Waals surface area (Å²) in [6, 6.07) is 5.89. The minimum absolute atomic E-state index is 0.0105. The molecule has 0 bridgehead atoms. The van der Waals surface area contributed by atoms with Gasteiger partial charge in [-0.3, -0.25) is 4.79 Å². The fourth-order valence-corrected chi connectivity index (χ4v) is 1.73. The van der Waals surface area contributed by atoms with Gasteiger partial charge in [0.15, 0.2) is 11.5 Å². The first-order valence-electron chi connectivity index (χ1n) is 6.81. The summed E-state index contributed by atoms with van der Waals surface area (Å²) >= 11 is 0. The molecule has 0 aromatic heterocycles. The van der Waals surface area contributed by atoms with Gasteiger partial charge >= 0.3 is 0 Å². The highest BCUT2D eigenvalue weighted by atomic mass is 16.5. The Kier molecular flexibility index (Phi) is 6.87. The highest BCUT2D eigenvalue weighted by Gasteiger charge is 2.07. The van der Waals surface area contributed by atoms with E-state index in [1.807, 2.05) is 32.0 Å². The Morgan fingerprint density at radius 2 is 2.00 bits per heavy atom. The van der Waals surface area contributed by atoms with Crippen LogP contribution in [0.15, 0.2) is 18.2 Å². The zero-order chi connectivity index (χ0) is 15.0. The lowest BCUT2D eigenvalue weighted by Crippen LogP contribution is -2.29. The average Bonchev–Trinajstić information content (AvgIpc) is 2.38. The molecular weight excluding hydrogens is 256 g/mol. The number of amides is 1. The number of carbonyl (C=O) groups is 1. The molecule has 0 atom stereocenters. The Morgan fingerprint density at radius 1 is 1.25 bits per heavy atom. The van der Waals surface area contributed by atoms with Crippen LogP contribution in [0.2, 0.25) is 0 Å². The van der Waals surface area contributed by atoms with Gasteiger partial charge in [-0.2, -0.15) is 0 Å². The van der Waals surface area contributed by atoms with Gasteiger partial charge in [0.05, 0.1) is 13.2 Å². The Balaban J connectivity index is 2.48. The van der Waals surface area contributed by atoms with Crippen LogP contribution in [0.25, 0.3) is 0 Å². The maximum absolute atomic E-state index is 10.7. The average molecular weight is 280 g/mol. The largest absolute Gasteiger partial charge is 0.493 e. The molecule has 5 nitrogen and oxygen atoms in total. The molecule has 1 rings (SSSR count). The molecular formula is C15H24N2O3. The molecule has 0 radical (unpaired) electrons. The predicted molar refractivity (Wildman–Crippen MR) is 79.1 cm³/mol. The molecule has 1 aromatic rings. The van der Waals surface area contributed by atoms with Crippen molar-refractivity contribution in [3.8, 4) is 11.5 Å². The van der Waals surface area contributed by atoms with Crippen LogP contribution in [0.3, 0.4) is 0 Å². The fourth-order valence-electron chi connectivity index (χ4n) is 1.73. The zero-order valence-electron chi connectivity index (χ0n) is 12.7. The van der Waals surface area contributed by atoms with Gasteiger partial charge in [0.2, 0.25) is 5.91 Å². The number of hydrogen-bond donors (Lipinski definition) is 2. The van der Waals surface area contributed by atoms with E-state index >= 15 is 0 Å². The van der Waals surface area contributed by atoms with Gasteiger partial charge in [-0.15, -0.1) is 0 Å². The molecule has 0 spiro atoms. The first-order chi connectivity index (χ1) is 9.52. The van der Waals surface area contributed by atoms with Gasteiger partial charge in [0, 0.05) is 26.6 Å². The minimum atomic E-state index is -0.0105. The van der Waals surface area contributed by atoms with E-state index < -0.39 is 0 Å². The summed E-state index contributed by atoms with van der Waals surface area (Å²) in [5.41, 5.74) is 1.11. The minimum Gasteiger partial charge on any atom is -0.493 e. The molecule has 0 aliphatic carbocycles. The van der Waals surface area contributed by atoms with Gasteiger partial charge in [-0.1, -0.05) is 6.07 Å². The molecule has 0 aliphatic heterocycles. The maximum Gasteiger partial charge on any atom is 0.216 e. The summed E-state index contributed by atoms with van der Waals surface area (Å²) in [7, 11) is 1.64. The second kappa shape index (κ2) is 8.43. The van der Waals surface area contributed by atoms with Crippen molar-refractivity contribution in [1.29, 1.82) is 0 Å². The Labute approximate surface area is 120 Å². The number of nitrogens with one attached hydrogen (secondary N) is 2. The number of carbonyl (C=O) groups excluding carboxylic acids is 1. The third-order valence-electron chi connectivity index (χ3n) is 2.60. The summed E-state index contributed by atoms with van der Waals surface area (Å²) in [6.07, 6.45) is 0.116. The number of ether oxygens (including phenoxy) is 2. The maximum atomic E-state index is 10.7. The van der Waals surface area contributed by atoms with Crippen molar-refractivity contribution in [2.45, 2.75) is 33.4 Å². The molecule has 0 fully saturated rings. The Bertz CT molecular complexity index is 433. The second-order valence-corrected chi connectivity index (χ2v) is 4.81. The quantitative estimate of drug-likeness (QED) is 0.712. The van der Waals surface area contributed by atoms with E-state index in [0.29, 0.717) is 6.54 Å². The monoisotopic (exact) mass is 280 g/mol. The van der Waals surface area contributed by atoms with Gasteiger partial charge < -0.3 is 20.1 Å². The summed E-state index contributed by atoms with van der Waals surface area (Å²) in [5.74, 6) is 1.48. The second-order valence-electron chi connectivity index (χ2n) is 4.81. The standard InChI is InChI=1S/C15H24N2O3/c1-11(2)20-14-6-5-13(9-15(14)19-4)10-16-7-8-17-12(3)18/h5-6,9,11,16H,7-8,10H2,1-4H3,(H,17,18). The van der Waals surface area contributed by atoms with Gasteiger partial charge in [0.25, 0.3) is 0 Å². The van der Waals surface area contributed by atoms with E-state index in [1.165, 1.54) is 6.92 Å². The molecule has 0 saturated carbocycles. The third-order valence-corrected chi connectivity index (χ3v) is 2.60. The zero-order valence-corrected chi connectivity index (χ0v) is 12.7. The van der Waals surface area contributed by atoms with Crippen LogP contribution >= 0.6 is 0 Å². The van der Waals surface area contributed by atoms with Crippen molar-refractivity contribution < 1.29 is 14.3 Å². The van der Waals surface area contributed by atoms with Crippen molar-refractivity contribution >= 4 is 5.91 Å². The molecule has 2 N–H and O–H groups in total. The Hall–Kier alpha value is -1.75. The van der Waals surface area contributed by atoms with Crippen molar-refractivity contribution in [2.75, 3.05) is 20.2 Å². The summed E-state index contributed by atoms with van der Waals surface area (Å²) < 4.78 is 11.0. The van der Waals surface area contributed by atoms with Crippen LogP contribution in [0.4, 0.5) is 0 Å². The van der Waals surface area contributed by atoms with Crippen LogP contribution in [-0.2, 0) is 11.3 Å². The van der Waals surface area contributed by atoms with Crippen LogP contribution in [0, 0.1) is 0 Å². The molecule has 20 heavy (non-hydrogen) atoms. The van der Waals surface area contributed by atoms with Crippen LogP contribution in [-0.4, -0.2) is 32.2 Å². The SMILES string of the molecule is COc1cc(CNCCNC(C)=O)ccc1OC(C)C. The summed E-state index contributed by atoms with van der Waals surface area (Å²) in [6.45, 7) is 7.55. The molecule has 0 aliphatic rings. The highest BCUT2D eigenvalue weighted by molar-refractivity contribution is 5.72. The first-order valence-corrected chi connectivity index (χ1v) is 6.81. The molecule has 5 heteroatoms. The van der Waals surface area contributed by atoms with E-state index in [4.69, 9.17) is 9.47 Å². The van der Waals surface area contributed by atoms with Crippen LogP contribution < -0.4 is 20.1 Å². The normalized spacial score (nSPS) is 10.4. The van der Waals surface area contributed by atoms with Crippen molar-refractivity contribution in [1.82, 2.24) is 10.6 Å². The van der Waals surface area contributed by atoms with Crippen molar-refractivity contribution in [3.05, 3.63) is 23.8 Å². The lowest BCUT2D eigenvalue weighted by atomic mass is 10.2. The molecule has 0 unspecified atom stereocenters. The van der Waals surface area contributed by atoms with E-state index in [2.05, 4.69) is 10.6 Å². The molecule has 0 saturated heterocycles. The smallest absolute Gasteiger partial charge is 0.216 e. The van der Waals surface area contributed by atoms with Crippen molar-refractivity contribution in [2.24, 2.45) is 0 Å². The number of rotatable bonds is 8. The number of benzene rings is 1. The van der Waals surface area contributed by atoms with Gasteiger partial charge in [-0.05, 0) is 31.5 Å². The highest BCUT2D eigenvalue weighted by Crippen LogP contribution is 2.28.